The van der Waals surface area contributed by atoms with Crippen LogP contribution in [-0.2, 0) is 0 Å². The summed E-state index contributed by atoms with van der Waals surface area (Å²) in [6.45, 7) is 4.82. The molecule has 0 aliphatic carbocycles. The summed E-state index contributed by atoms with van der Waals surface area (Å²) in [5.74, 6) is 0.651. The zero-order valence-corrected chi connectivity index (χ0v) is 12.5. The topological polar surface area (TPSA) is 50.7 Å². The quantitative estimate of drug-likeness (QED) is 0.872. The maximum Gasteiger partial charge on any atom is 0.223 e. The van der Waals surface area contributed by atoms with E-state index in [-0.39, 0.29) is 0 Å². The van der Waals surface area contributed by atoms with Crippen molar-refractivity contribution in [1.29, 1.82) is 0 Å². The van der Waals surface area contributed by atoms with Gasteiger partial charge >= 0.3 is 0 Å². The standard InChI is InChI=1S/C12H13BrN4S/c1-3-14-12-16-7-8(2)10(17-12)18-11-9(13)5-4-6-15-11/h4-7H,3H2,1-2H3,(H,14,16,17). The molecule has 0 aliphatic rings. The highest BCUT2D eigenvalue weighted by Gasteiger charge is 2.08. The molecule has 0 atom stereocenters. The molecule has 0 bridgehead atoms. The maximum atomic E-state index is 4.48. The molecular formula is C12H13BrN4S. The molecule has 94 valence electrons. The lowest BCUT2D eigenvalue weighted by Gasteiger charge is -2.07. The lowest BCUT2D eigenvalue weighted by molar-refractivity contribution is 0.977. The molecule has 2 aromatic rings. The van der Waals surface area contributed by atoms with Crippen LogP contribution in [0.5, 0.6) is 0 Å². The number of anilines is 1. The van der Waals surface area contributed by atoms with Crippen molar-refractivity contribution in [3.05, 3.63) is 34.6 Å². The fourth-order valence-corrected chi connectivity index (χ4v) is 2.62. The molecule has 0 aromatic carbocycles. The third kappa shape index (κ3) is 3.20. The van der Waals surface area contributed by atoms with E-state index in [2.05, 4.69) is 36.2 Å². The number of rotatable bonds is 4. The Morgan fingerprint density at radius 1 is 1.33 bits per heavy atom. The van der Waals surface area contributed by atoms with E-state index < -0.39 is 0 Å². The molecule has 2 rings (SSSR count). The average Bonchev–Trinajstić information content (AvgIpc) is 2.36. The molecule has 18 heavy (non-hydrogen) atoms. The molecule has 0 fully saturated rings. The molecule has 0 spiro atoms. The van der Waals surface area contributed by atoms with Crippen molar-refractivity contribution in [1.82, 2.24) is 15.0 Å². The molecule has 0 saturated carbocycles. The molecule has 0 amide bonds. The minimum absolute atomic E-state index is 0.651. The first-order valence-corrected chi connectivity index (χ1v) is 7.17. The second-order valence-electron chi connectivity index (χ2n) is 3.60. The van der Waals surface area contributed by atoms with Gasteiger partial charge in [0.05, 0.1) is 4.47 Å². The number of nitrogens with zero attached hydrogens (tertiary/aromatic N) is 3. The Labute approximate surface area is 119 Å². The first-order chi connectivity index (χ1) is 8.70. The van der Waals surface area contributed by atoms with Crippen molar-refractivity contribution in [2.45, 2.75) is 23.9 Å². The predicted octanol–water partition coefficient (Wildman–Crippen LogP) is 3.53. The normalized spacial score (nSPS) is 10.4. The summed E-state index contributed by atoms with van der Waals surface area (Å²) in [6.07, 6.45) is 3.60. The predicted molar refractivity (Wildman–Crippen MR) is 77.0 cm³/mol. The third-order valence-corrected chi connectivity index (χ3v) is 4.21. The van der Waals surface area contributed by atoms with Crippen molar-refractivity contribution >= 4 is 33.6 Å². The van der Waals surface area contributed by atoms with Gasteiger partial charge in [-0.05, 0) is 53.7 Å². The van der Waals surface area contributed by atoms with Gasteiger partial charge in [0.15, 0.2) is 0 Å². The summed E-state index contributed by atoms with van der Waals surface area (Å²) in [6, 6.07) is 3.86. The lowest BCUT2D eigenvalue weighted by Crippen LogP contribution is -2.03. The van der Waals surface area contributed by atoms with Gasteiger partial charge in [-0.25, -0.2) is 15.0 Å². The summed E-state index contributed by atoms with van der Waals surface area (Å²) < 4.78 is 0.970. The maximum absolute atomic E-state index is 4.48. The van der Waals surface area contributed by atoms with Gasteiger partial charge in [-0.1, -0.05) is 0 Å². The van der Waals surface area contributed by atoms with Gasteiger partial charge in [0, 0.05) is 24.5 Å². The highest BCUT2D eigenvalue weighted by molar-refractivity contribution is 9.10. The largest absolute Gasteiger partial charge is 0.354 e. The van der Waals surface area contributed by atoms with Crippen LogP contribution in [0.15, 0.2) is 39.1 Å². The van der Waals surface area contributed by atoms with Gasteiger partial charge in [-0.3, -0.25) is 0 Å². The number of halogens is 1. The van der Waals surface area contributed by atoms with Crippen LogP contribution < -0.4 is 5.32 Å². The van der Waals surface area contributed by atoms with Crippen molar-refractivity contribution in [2.75, 3.05) is 11.9 Å². The molecule has 1 N–H and O–H groups in total. The smallest absolute Gasteiger partial charge is 0.223 e. The van der Waals surface area contributed by atoms with Crippen LogP contribution in [0, 0.1) is 6.92 Å². The molecule has 0 radical (unpaired) electrons. The molecule has 0 saturated heterocycles. The van der Waals surface area contributed by atoms with Crippen LogP contribution in [0.4, 0.5) is 5.95 Å². The van der Waals surface area contributed by atoms with E-state index in [0.717, 1.165) is 26.6 Å². The Hall–Kier alpha value is -1.14. The van der Waals surface area contributed by atoms with E-state index in [0.29, 0.717) is 5.95 Å². The Balaban J connectivity index is 2.28. The van der Waals surface area contributed by atoms with Crippen molar-refractivity contribution in [3.63, 3.8) is 0 Å². The van der Waals surface area contributed by atoms with Gasteiger partial charge in [-0.2, -0.15) is 0 Å². The van der Waals surface area contributed by atoms with E-state index in [4.69, 9.17) is 0 Å². The van der Waals surface area contributed by atoms with Crippen LogP contribution in [0.3, 0.4) is 0 Å². The van der Waals surface area contributed by atoms with Gasteiger partial charge in [-0.15, -0.1) is 0 Å². The third-order valence-electron chi connectivity index (χ3n) is 2.18. The van der Waals surface area contributed by atoms with E-state index >= 15 is 0 Å². The zero-order chi connectivity index (χ0) is 13.0. The molecule has 6 heteroatoms. The number of pyridine rings is 1. The van der Waals surface area contributed by atoms with Crippen molar-refractivity contribution in [2.24, 2.45) is 0 Å². The molecule has 4 nitrogen and oxygen atoms in total. The minimum Gasteiger partial charge on any atom is -0.354 e. The van der Waals surface area contributed by atoms with Crippen LogP contribution in [0.25, 0.3) is 0 Å². The Bertz CT molecular complexity index is 547. The highest BCUT2D eigenvalue weighted by Crippen LogP contribution is 2.32. The summed E-state index contributed by atoms with van der Waals surface area (Å²) in [5.41, 5.74) is 1.04. The number of aromatic nitrogens is 3. The van der Waals surface area contributed by atoms with E-state index in [9.17, 15) is 0 Å². The fraction of sp³-hybridized carbons (Fsp3) is 0.250. The summed E-state index contributed by atoms with van der Waals surface area (Å²) in [7, 11) is 0. The summed E-state index contributed by atoms with van der Waals surface area (Å²) in [4.78, 5) is 13.0. The molecule has 2 heterocycles. The average molecular weight is 325 g/mol. The SMILES string of the molecule is CCNc1ncc(C)c(Sc2ncccc2Br)n1. The number of hydrogen-bond acceptors (Lipinski definition) is 5. The molecule has 0 unspecified atom stereocenters. The molecule has 2 aromatic heterocycles. The Morgan fingerprint density at radius 3 is 2.89 bits per heavy atom. The van der Waals surface area contributed by atoms with Crippen LogP contribution >= 0.6 is 27.7 Å². The van der Waals surface area contributed by atoms with Gasteiger partial charge in [0.25, 0.3) is 0 Å². The number of aryl methyl sites for hydroxylation is 1. The van der Waals surface area contributed by atoms with Crippen LogP contribution in [-0.4, -0.2) is 21.5 Å². The molecular weight excluding hydrogens is 312 g/mol. The zero-order valence-electron chi connectivity index (χ0n) is 10.1. The van der Waals surface area contributed by atoms with Gasteiger partial charge in [0.1, 0.15) is 10.1 Å². The van der Waals surface area contributed by atoms with Crippen molar-refractivity contribution < 1.29 is 0 Å². The first kappa shape index (κ1) is 13.3. The summed E-state index contributed by atoms with van der Waals surface area (Å²) in [5, 5.41) is 4.93. The Morgan fingerprint density at radius 2 is 2.17 bits per heavy atom. The Kier molecular flexibility index (Phi) is 4.54. The van der Waals surface area contributed by atoms with Crippen molar-refractivity contribution in [3.8, 4) is 0 Å². The van der Waals surface area contributed by atoms with E-state index in [1.165, 1.54) is 11.8 Å². The number of hydrogen-bond donors (Lipinski definition) is 1. The lowest BCUT2D eigenvalue weighted by atomic mass is 10.4. The fourth-order valence-electron chi connectivity index (χ4n) is 1.31. The summed E-state index contributed by atoms with van der Waals surface area (Å²) >= 11 is 5.02. The minimum atomic E-state index is 0.651. The monoisotopic (exact) mass is 324 g/mol. The second kappa shape index (κ2) is 6.15. The van der Waals surface area contributed by atoms with Gasteiger partial charge < -0.3 is 5.32 Å². The van der Waals surface area contributed by atoms with Gasteiger partial charge in [0.2, 0.25) is 5.95 Å². The first-order valence-electron chi connectivity index (χ1n) is 5.56. The van der Waals surface area contributed by atoms with E-state index in [1.54, 1.807) is 6.20 Å². The van der Waals surface area contributed by atoms with Crippen LogP contribution in [0.1, 0.15) is 12.5 Å². The highest BCUT2D eigenvalue weighted by atomic mass is 79.9. The van der Waals surface area contributed by atoms with E-state index in [1.807, 2.05) is 32.2 Å². The second-order valence-corrected chi connectivity index (χ2v) is 5.44. The van der Waals surface area contributed by atoms with Crippen LogP contribution in [0.2, 0.25) is 0 Å². The molecule has 0 aliphatic heterocycles. The number of nitrogens with one attached hydrogen (secondary N) is 1.